The molecule has 1 fully saturated rings. The smallest absolute Gasteiger partial charge is 0.129 e. The summed E-state index contributed by atoms with van der Waals surface area (Å²) in [5.74, 6) is 1.21. The summed E-state index contributed by atoms with van der Waals surface area (Å²) in [5.41, 5.74) is 0.192. The molecule has 0 radical (unpaired) electrons. The maximum atomic E-state index is 13.7. The minimum atomic E-state index is -0.445. The molecular formula is C18H23F2N. The molecule has 0 heterocycles. The van der Waals surface area contributed by atoms with Crippen molar-refractivity contribution >= 4 is 0 Å². The van der Waals surface area contributed by atoms with E-state index in [4.69, 9.17) is 0 Å². The van der Waals surface area contributed by atoms with Crippen LogP contribution < -0.4 is 5.32 Å². The van der Waals surface area contributed by atoms with Crippen LogP contribution >= 0.6 is 0 Å². The normalized spacial score (nSPS) is 29.8. The van der Waals surface area contributed by atoms with Gasteiger partial charge in [-0.1, -0.05) is 18.2 Å². The highest BCUT2D eigenvalue weighted by molar-refractivity contribution is 5.20. The molecule has 0 aromatic heterocycles. The topological polar surface area (TPSA) is 12.0 Å². The maximum Gasteiger partial charge on any atom is 0.129 e. The molecule has 5 unspecified atom stereocenters. The SMILES string of the molecule is CC(Cc1c(F)cccc1F)NC(C)C1CC2C=CC1C2. The van der Waals surface area contributed by atoms with Gasteiger partial charge >= 0.3 is 0 Å². The number of halogens is 2. The van der Waals surface area contributed by atoms with E-state index in [2.05, 4.69) is 24.4 Å². The second-order valence-electron chi connectivity index (χ2n) is 6.70. The third-order valence-corrected chi connectivity index (χ3v) is 5.09. The second kappa shape index (κ2) is 5.88. The first-order valence-electron chi connectivity index (χ1n) is 7.92. The average molecular weight is 291 g/mol. The first-order chi connectivity index (χ1) is 10.0. The van der Waals surface area contributed by atoms with E-state index in [-0.39, 0.29) is 11.6 Å². The van der Waals surface area contributed by atoms with Crippen LogP contribution in [-0.4, -0.2) is 12.1 Å². The highest BCUT2D eigenvalue weighted by Crippen LogP contribution is 2.44. The monoisotopic (exact) mass is 291 g/mol. The van der Waals surface area contributed by atoms with Crippen LogP contribution in [0, 0.1) is 29.4 Å². The van der Waals surface area contributed by atoms with Gasteiger partial charge in [0.15, 0.2) is 0 Å². The fourth-order valence-electron chi connectivity index (χ4n) is 4.06. The van der Waals surface area contributed by atoms with Gasteiger partial charge in [0, 0.05) is 17.6 Å². The summed E-state index contributed by atoms with van der Waals surface area (Å²) in [4.78, 5) is 0. The second-order valence-corrected chi connectivity index (χ2v) is 6.70. The zero-order valence-electron chi connectivity index (χ0n) is 12.7. The molecule has 3 rings (SSSR count). The molecule has 114 valence electrons. The molecule has 1 saturated carbocycles. The molecule has 0 saturated heterocycles. The van der Waals surface area contributed by atoms with E-state index < -0.39 is 11.6 Å². The van der Waals surface area contributed by atoms with E-state index in [1.807, 2.05) is 6.92 Å². The van der Waals surface area contributed by atoms with Gasteiger partial charge < -0.3 is 5.32 Å². The van der Waals surface area contributed by atoms with Crippen LogP contribution in [0.1, 0.15) is 32.3 Å². The molecule has 2 aliphatic carbocycles. The standard InChI is InChI=1S/C18H23F2N/c1-11(8-16-17(19)4-3-5-18(16)20)21-12(2)15-10-13-6-7-14(15)9-13/h3-7,11-15,21H,8-10H2,1-2H3. The van der Waals surface area contributed by atoms with E-state index in [1.165, 1.54) is 31.0 Å². The van der Waals surface area contributed by atoms with Crippen molar-refractivity contribution in [3.63, 3.8) is 0 Å². The fraction of sp³-hybridized carbons (Fsp3) is 0.556. The Labute approximate surface area is 125 Å². The number of nitrogens with one attached hydrogen (secondary N) is 1. The number of hydrogen-bond acceptors (Lipinski definition) is 1. The molecule has 2 bridgehead atoms. The van der Waals surface area contributed by atoms with Gasteiger partial charge in [-0.2, -0.15) is 0 Å². The van der Waals surface area contributed by atoms with E-state index in [0.29, 0.717) is 24.3 Å². The fourth-order valence-corrected chi connectivity index (χ4v) is 4.06. The van der Waals surface area contributed by atoms with Crippen LogP contribution in [-0.2, 0) is 6.42 Å². The highest BCUT2D eigenvalue weighted by Gasteiger charge is 2.38. The Kier molecular flexibility index (Phi) is 4.12. The Balaban J connectivity index is 1.59. The summed E-state index contributed by atoms with van der Waals surface area (Å²) in [5, 5.41) is 3.54. The van der Waals surface area contributed by atoms with Gasteiger partial charge in [-0.25, -0.2) is 8.78 Å². The Morgan fingerprint density at radius 2 is 1.86 bits per heavy atom. The van der Waals surface area contributed by atoms with Crippen molar-refractivity contribution in [3.8, 4) is 0 Å². The predicted octanol–water partition coefficient (Wildman–Crippen LogP) is 4.09. The molecule has 0 amide bonds. The van der Waals surface area contributed by atoms with E-state index >= 15 is 0 Å². The molecule has 5 atom stereocenters. The molecular weight excluding hydrogens is 268 g/mol. The van der Waals surface area contributed by atoms with Crippen molar-refractivity contribution in [2.24, 2.45) is 17.8 Å². The first kappa shape index (κ1) is 14.7. The van der Waals surface area contributed by atoms with Crippen LogP contribution in [0.5, 0.6) is 0 Å². The van der Waals surface area contributed by atoms with E-state index in [0.717, 1.165) is 5.92 Å². The minimum absolute atomic E-state index is 0.0644. The van der Waals surface area contributed by atoms with Gasteiger partial charge in [0.1, 0.15) is 11.6 Å². The van der Waals surface area contributed by atoms with Gasteiger partial charge in [-0.15, -0.1) is 0 Å². The number of fused-ring (bicyclic) bond motifs is 2. The molecule has 0 spiro atoms. The molecule has 0 aliphatic heterocycles. The largest absolute Gasteiger partial charge is 0.311 e. The molecule has 1 aromatic rings. The highest BCUT2D eigenvalue weighted by atomic mass is 19.1. The van der Waals surface area contributed by atoms with E-state index in [1.54, 1.807) is 0 Å². The lowest BCUT2D eigenvalue weighted by Gasteiger charge is -2.29. The lowest BCUT2D eigenvalue weighted by atomic mass is 9.87. The lowest BCUT2D eigenvalue weighted by Crippen LogP contribution is -2.42. The third kappa shape index (κ3) is 3.03. The van der Waals surface area contributed by atoms with Gasteiger partial charge in [-0.3, -0.25) is 0 Å². The van der Waals surface area contributed by atoms with Crippen molar-refractivity contribution in [3.05, 3.63) is 47.5 Å². The number of hydrogen-bond donors (Lipinski definition) is 1. The van der Waals surface area contributed by atoms with Crippen LogP contribution in [0.2, 0.25) is 0 Å². The van der Waals surface area contributed by atoms with Crippen LogP contribution in [0.4, 0.5) is 8.78 Å². The minimum Gasteiger partial charge on any atom is -0.311 e. The van der Waals surface area contributed by atoms with Crippen molar-refractivity contribution < 1.29 is 8.78 Å². The molecule has 1 N–H and O–H groups in total. The quantitative estimate of drug-likeness (QED) is 0.806. The average Bonchev–Trinajstić information content (AvgIpc) is 3.05. The van der Waals surface area contributed by atoms with Gasteiger partial charge in [-0.05, 0) is 63.0 Å². The van der Waals surface area contributed by atoms with Gasteiger partial charge in [0.2, 0.25) is 0 Å². The molecule has 1 aromatic carbocycles. The van der Waals surface area contributed by atoms with Crippen molar-refractivity contribution in [1.29, 1.82) is 0 Å². The summed E-state index contributed by atoms with van der Waals surface area (Å²) in [6, 6.07) is 4.52. The van der Waals surface area contributed by atoms with Gasteiger partial charge in [0.25, 0.3) is 0 Å². The Hall–Kier alpha value is -1.22. The molecule has 1 nitrogen and oxygen atoms in total. The van der Waals surface area contributed by atoms with Crippen LogP contribution in [0.3, 0.4) is 0 Å². The number of rotatable bonds is 5. The maximum absolute atomic E-state index is 13.7. The first-order valence-corrected chi connectivity index (χ1v) is 7.92. The molecule has 2 aliphatic rings. The number of benzene rings is 1. The summed E-state index contributed by atoms with van der Waals surface area (Å²) in [6.45, 7) is 4.21. The lowest BCUT2D eigenvalue weighted by molar-refractivity contribution is 0.303. The van der Waals surface area contributed by atoms with Crippen LogP contribution in [0.15, 0.2) is 30.4 Å². The van der Waals surface area contributed by atoms with Crippen molar-refractivity contribution in [2.45, 2.75) is 45.2 Å². The summed E-state index contributed by atoms with van der Waals surface area (Å²) < 4.78 is 27.4. The zero-order chi connectivity index (χ0) is 15.0. The van der Waals surface area contributed by atoms with Crippen molar-refractivity contribution in [2.75, 3.05) is 0 Å². The van der Waals surface area contributed by atoms with Crippen LogP contribution in [0.25, 0.3) is 0 Å². The Morgan fingerprint density at radius 3 is 2.43 bits per heavy atom. The molecule has 3 heteroatoms. The summed E-state index contributed by atoms with van der Waals surface area (Å²) in [6.07, 6.45) is 7.60. The molecule has 21 heavy (non-hydrogen) atoms. The summed E-state index contributed by atoms with van der Waals surface area (Å²) >= 11 is 0. The van der Waals surface area contributed by atoms with Crippen molar-refractivity contribution in [1.82, 2.24) is 5.32 Å². The Morgan fingerprint density at radius 1 is 1.14 bits per heavy atom. The number of allylic oxidation sites excluding steroid dienone is 2. The third-order valence-electron chi connectivity index (χ3n) is 5.09. The predicted molar refractivity (Wildman–Crippen MR) is 81.0 cm³/mol. The zero-order valence-corrected chi connectivity index (χ0v) is 12.7. The summed E-state index contributed by atoms with van der Waals surface area (Å²) in [7, 11) is 0. The van der Waals surface area contributed by atoms with Gasteiger partial charge in [0.05, 0.1) is 0 Å². The Bertz CT molecular complexity index is 520. The van der Waals surface area contributed by atoms with E-state index in [9.17, 15) is 8.78 Å².